The summed E-state index contributed by atoms with van der Waals surface area (Å²) in [6.07, 6.45) is 0.514. The fraction of sp³-hybridized carbons (Fsp3) is 0.133. The number of nitrogens with zero attached hydrogens (tertiary/aromatic N) is 2. The average molecular weight is 317 g/mol. The van der Waals surface area contributed by atoms with Gasteiger partial charge in [-0.25, -0.2) is 4.39 Å². The van der Waals surface area contributed by atoms with Crippen LogP contribution in [0.1, 0.15) is 12.3 Å². The van der Waals surface area contributed by atoms with E-state index in [2.05, 4.69) is 15.5 Å². The van der Waals surface area contributed by atoms with E-state index in [9.17, 15) is 9.18 Å². The molecule has 0 saturated carbocycles. The van der Waals surface area contributed by atoms with E-state index in [-0.39, 0.29) is 12.3 Å². The summed E-state index contributed by atoms with van der Waals surface area (Å²) in [5, 5.41) is 10.3. The molecule has 3 aromatic rings. The van der Waals surface area contributed by atoms with Crippen LogP contribution in [0.5, 0.6) is 0 Å². The molecule has 5 nitrogen and oxygen atoms in total. The predicted octanol–water partition coefficient (Wildman–Crippen LogP) is 3.51. The summed E-state index contributed by atoms with van der Waals surface area (Å²) in [7, 11) is 0. The van der Waals surface area contributed by atoms with Gasteiger partial charge >= 0.3 is 0 Å². The Kier molecular flexibility index (Phi) is 4.24. The van der Waals surface area contributed by atoms with Crippen LogP contribution in [0.3, 0.4) is 0 Å². The van der Waals surface area contributed by atoms with E-state index >= 15 is 0 Å². The number of rotatable bonds is 5. The van der Waals surface area contributed by atoms with Gasteiger partial charge in [0.1, 0.15) is 5.82 Å². The monoisotopic (exact) mass is 317 g/mol. The molecule has 0 atom stereocenters. The van der Waals surface area contributed by atoms with E-state index < -0.39 is 5.82 Å². The van der Waals surface area contributed by atoms with Gasteiger partial charge in [0.05, 0.1) is 0 Å². The SMILES string of the molecule is O=C(CCc1nc(-c2ccsc2)no1)Nc1cccc(F)c1. The number of anilines is 1. The standard InChI is InChI=1S/C15H12FN3O2S/c16-11-2-1-3-12(8-11)17-13(20)4-5-14-18-15(19-21-14)10-6-7-22-9-10/h1-3,6-9H,4-5H2,(H,17,20). The summed E-state index contributed by atoms with van der Waals surface area (Å²) in [5.74, 6) is 0.286. The van der Waals surface area contributed by atoms with Crippen LogP contribution in [0.25, 0.3) is 11.4 Å². The minimum atomic E-state index is -0.393. The van der Waals surface area contributed by atoms with E-state index in [0.717, 1.165) is 5.56 Å². The fourth-order valence-corrected chi connectivity index (χ4v) is 2.51. The molecule has 1 N–H and O–H groups in total. The maximum Gasteiger partial charge on any atom is 0.227 e. The van der Waals surface area contributed by atoms with Crippen molar-refractivity contribution < 1.29 is 13.7 Å². The Morgan fingerprint density at radius 2 is 2.27 bits per heavy atom. The highest BCUT2D eigenvalue weighted by Gasteiger charge is 2.11. The predicted molar refractivity (Wildman–Crippen MR) is 81.0 cm³/mol. The Morgan fingerprint density at radius 3 is 3.05 bits per heavy atom. The summed E-state index contributed by atoms with van der Waals surface area (Å²) in [4.78, 5) is 16.0. The van der Waals surface area contributed by atoms with Crippen molar-refractivity contribution in [2.75, 3.05) is 5.32 Å². The maximum absolute atomic E-state index is 13.0. The summed E-state index contributed by atoms with van der Waals surface area (Å²) in [6, 6.07) is 7.65. The number of aromatic nitrogens is 2. The molecule has 112 valence electrons. The van der Waals surface area contributed by atoms with Crippen molar-refractivity contribution in [3.63, 3.8) is 0 Å². The summed E-state index contributed by atoms with van der Waals surface area (Å²) in [5.41, 5.74) is 1.32. The molecule has 0 bridgehead atoms. The minimum absolute atomic E-state index is 0.182. The molecule has 0 saturated heterocycles. The largest absolute Gasteiger partial charge is 0.339 e. The van der Waals surface area contributed by atoms with Crippen LogP contribution in [0.4, 0.5) is 10.1 Å². The number of amides is 1. The number of hydrogen-bond donors (Lipinski definition) is 1. The second-order valence-electron chi connectivity index (χ2n) is 4.58. The number of carbonyl (C=O) groups is 1. The van der Waals surface area contributed by atoms with Crippen LogP contribution in [-0.4, -0.2) is 16.0 Å². The van der Waals surface area contributed by atoms with E-state index in [1.165, 1.54) is 18.2 Å². The molecule has 0 radical (unpaired) electrons. The average Bonchev–Trinajstić information content (AvgIpc) is 3.16. The van der Waals surface area contributed by atoms with E-state index in [4.69, 9.17) is 4.52 Å². The molecule has 0 spiro atoms. The number of aryl methyl sites for hydroxylation is 1. The fourth-order valence-electron chi connectivity index (χ4n) is 1.88. The summed E-state index contributed by atoms with van der Waals surface area (Å²) < 4.78 is 18.1. The Morgan fingerprint density at radius 1 is 1.36 bits per heavy atom. The van der Waals surface area contributed by atoms with Gasteiger partial charge in [-0.05, 0) is 29.6 Å². The van der Waals surface area contributed by atoms with Crippen LogP contribution >= 0.6 is 11.3 Å². The molecule has 0 fully saturated rings. The van der Waals surface area contributed by atoms with E-state index in [1.807, 2.05) is 16.8 Å². The first-order valence-corrected chi connectivity index (χ1v) is 7.55. The van der Waals surface area contributed by atoms with Crippen molar-refractivity contribution in [2.24, 2.45) is 0 Å². The molecule has 22 heavy (non-hydrogen) atoms. The van der Waals surface area contributed by atoms with Crippen LogP contribution in [0, 0.1) is 5.82 Å². The third-order valence-corrected chi connectivity index (χ3v) is 3.60. The molecule has 2 heterocycles. The van der Waals surface area contributed by atoms with Gasteiger partial charge in [-0.15, -0.1) is 0 Å². The topological polar surface area (TPSA) is 68.0 Å². The number of benzene rings is 1. The van der Waals surface area contributed by atoms with Gasteiger partial charge in [-0.1, -0.05) is 11.2 Å². The lowest BCUT2D eigenvalue weighted by molar-refractivity contribution is -0.116. The maximum atomic E-state index is 13.0. The first-order valence-electron chi connectivity index (χ1n) is 6.61. The second-order valence-corrected chi connectivity index (χ2v) is 5.36. The Hall–Kier alpha value is -2.54. The Labute approximate surface area is 129 Å². The van der Waals surface area contributed by atoms with Crippen LogP contribution in [-0.2, 0) is 11.2 Å². The number of carbonyl (C=O) groups excluding carboxylic acids is 1. The third kappa shape index (κ3) is 3.56. The van der Waals surface area contributed by atoms with Gasteiger partial charge in [0.25, 0.3) is 0 Å². The highest BCUT2D eigenvalue weighted by atomic mass is 32.1. The molecule has 7 heteroatoms. The summed E-state index contributed by atoms with van der Waals surface area (Å²) >= 11 is 1.55. The molecule has 1 aromatic carbocycles. The minimum Gasteiger partial charge on any atom is -0.339 e. The van der Waals surface area contributed by atoms with Crippen molar-refractivity contribution in [3.8, 4) is 11.4 Å². The first-order chi connectivity index (χ1) is 10.7. The van der Waals surface area contributed by atoms with Gasteiger partial charge < -0.3 is 9.84 Å². The van der Waals surface area contributed by atoms with Crippen LogP contribution in [0.2, 0.25) is 0 Å². The molecule has 1 amide bonds. The lowest BCUT2D eigenvalue weighted by Gasteiger charge is -2.03. The van der Waals surface area contributed by atoms with Crippen molar-refractivity contribution in [2.45, 2.75) is 12.8 Å². The Bertz CT molecular complexity index is 771. The molecule has 0 aliphatic rings. The van der Waals surface area contributed by atoms with E-state index in [0.29, 0.717) is 23.8 Å². The zero-order chi connectivity index (χ0) is 15.4. The molecular weight excluding hydrogens is 305 g/mol. The van der Waals surface area contributed by atoms with Crippen molar-refractivity contribution >= 4 is 22.9 Å². The zero-order valence-corrected chi connectivity index (χ0v) is 12.3. The molecule has 0 unspecified atom stereocenters. The highest BCUT2D eigenvalue weighted by molar-refractivity contribution is 7.08. The van der Waals surface area contributed by atoms with Crippen molar-refractivity contribution in [1.29, 1.82) is 0 Å². The van der Waals surface area contributed by atoms with Gasteiger partial charge in [-0.2, -0.15) is 16.3 Å². The van der Waals surface area contributed by atoms with Gasteiger partial charge in [0.2, 0.25) is 17.6 Å². The molecule has 0 aliphatic carbocycles. The molecule has 0 aliphatic heterocycles. The van der Waals surface area contributed by atoms with E-state index in [1.54, 1.807) is 17.4 Å². The smallest absolute Gasteiger partial charge is 0.227 e. The van der Waals surface area contributed by atoms with Gasteiger partial charge in [-0.3, -0.25) is 4.79 Å². The Balaban J connectivity index is 1.55. The third-order valence-electron chi connectivity index (χ3n) is 2.92. The normalized spacial score (nSPS) is 10.6. The van der Waals surface area contributed by atoms with Gasteiger partial charge in [0.15, 0.2) is 0 Å². The first kappa shape index (κ1) is 14.4. The number of hydrogen-bond acceptors (Lipinski definition) is 5. The summed E-state index contributed by atoms with van der Waals surface area (Å²) in [6.45, 7) is 0. The second kappa shape index (κ2) is 6.48. The van der Waals surface area contributed by atoms with Crippen molar-refractivity contribution in [3.05, 3.63) is 52.8 Å². The number of halogens is 1. The lowest BCUT2D eigenvalue weighted by atomic mass is 10.2. The lowest BCUT2D eigenvalue weighted by Crippen LogP contribution is -2.12. The van der Waals surface area contributed by atoms with Gasteiger partial charge in [0, 0.05) is 29.5 Å². The van der Waals surface area contributed by atoms with Crippen LogP contribution < -0.4 is 5.32 Å². The molecular formula is C15H12FN3O2S. The zero-order valence-electron chi connectivity index (χ0n) is 11.5. The quantitative estimate of drug-likeness (QED) is 0.782. The number of thiophene rings is 1. The molecule has 2 aromatic heterocycles. The van der Waals surface area contributed by atoms with Crippen LogP contribution in [0.15, 0.2) is 45.6 Å². The van der Waals surface area contributed by atoms with Crippen molar-refractivity contribution in [1.82, 2.24) is 10.1 Å². The number of nitrogens with one attached hydrogen (secondary N) is 1. The molecule has 3 rings (SSSR count). The highest BCUT2D eigenvalue weighted by Crippen LogP contribution is 2.19.